The molecule has 200 valence electrons. The molecule has 2 aliphatic carbocycles. The molecular weight excluding hydrogens is 511 g/mol. The van der Waals surface area contributed by atoms with Crippen LogP contribution in [0.25, 0.3) is 11.2 Å². The molecule has 10 nitrogen and oxygen atoms in total. The highest BCUT2D eigenvalue weighted by Gasteiger charge is 2.30. The van der Waals surface area contributed by atoms with Gasteiger partial charge in [0.1, 0.15) is 11.3 Å². The molecule has 0 radical (unpaired) electrons. The van der Waals surface area contributed by atoms with E-state index in [2.05, 4.69) is 20.6 Å². The first-order valence-electron chi connectivity index (χ1n) is 13.0. The lowest BCUT2D eigenvalue weighted by molar-refractivity contribution is -0.122. The zero-order valence-electron chi connectivity index (χ0n) is 20.8. The third-order valence-corrected chi connectivity index (χ3v) is 7.99. The number of carbonyl (C=O) groups is 1. The van der Waals surface area contributed by atoms with Crippen LogP contribution in [-0.4, -0.2) is 43.2 Å². The maximum atomic E-state index is 14.9. The largest absolute Gasteiger partial charge is 0.393 e. The number of hydrogen-bond donors (Lipinski definition) is 4. The van der Waals surface area contributed by atoms with Crippen LogP contribution in [0.5, 0.6) is 0 Å². The van der Waals surface area contributed by atoms with E-state index in [4.69, 9.17) is 27.6 Å². The fourth-order valence-corrected chi connectivity index (χ4v) is 5.80. The van der Waals surface area contributed by atoms with Gasteiger partial charge in [0.05, 0.1) is 34.6 Å². The van der Waals surface area contributed by atoms with Crippen molar-refractivity contribution in [2.75, 3.05) is 17.2 Å². The van der Waals surface area contributed by atoms with E-state index in [0.717, 1.165) is 31.7 Å². The molecule has 0 unspecified atom stereocenters. The molecule has 12 heteroatoms. The highest BCUT2D eigenvalue weighted by Crippen LogP contribution is 2.38. The number of nitrogens with one attached hydrogen (secondary N) is 2. The van der Waals surface area contributed by atoms with Crippen molar-refractivity contribution < 1.29 is 14.3 Å². The van der Waals surface area contributed by atoms with Crippen LogP contribution in [0.15, 0.2) is 18.3 Å². The summed E-state index contributed by atoms with van der Waals surface area (Å²) in [5.41, 5.74) is 6.73. The molecule has 5 N–H and O–H groups in total. The molecule has 2 aromatic heterocycles. The number of aliphatic hydroxyl groups is 1. The summed E-state index contributed by atoms with van der Waals surface area (Å²) in [6, 6.07) is 4.32. The monoisotopic (exact) mass is 540 g/mol. The lowest BCUT2D eigenvalue weighted by Gasteiger charge is -2.29. The Morgan fingerprint density at radius 1 is 1.21 bits per heavy atom. The molecule has 2 atom stereocenters. The van der Waals surface area contributed by atoms with Crippen molar-refractivity contribution in [2.24, 2.45) is 17.6 Å². The first kappa shape index (κ1) is 26.1. The standard InChI is InChI=1S/C26H30ClFN8O2/c27-18-9-14(11-29)10-19(28)22(18)34-26-33-20-13-32-25(31-12-16-3-1-2-4-21(16)37)35-24(20)36(26)17-7-5-15(6-8-17)23(30)38/h9-10,13,15-17,21,37H,1-8,12H2,(H2,30,38)(H,33,34)(H,31,32,35)/t15?,16-,17?,21-/m0/s1. The number of imidazole rings is 1. The van der Waals surface area contributed by atoms with Crippen molar-refractivity contribution in [3.05, 3.63) is 34.7 Å². The van der Waals surface area contributed by atoms with E-state index in [1.54, 1.807) is 6.20 Å². The Labute approximate surface area is 224 Å². The van der Waals surface area contributed by atoms with Gasteiger partial charge in [-0.3, -0.25) is 9.36 Å². The molecule has 0 spiro atoms. The molecule has 2 aliphatic rings. The normalized spacial score (nSPS) is 23.6. The maximum absolute atomic E-state index is 14.9. The van der Waals surface area contributed by atoms with Gasteiger partial charge >= 0.3 is 0 Å². The first-order valence-corrected chi connectivity index (χ1v) is 13.3. The van der Waals surface area contributed by atoms with Crippen LogP contribution in [0.1, 0.15) is 63.0 Å². The second-order valence-electron chi connectivity index (χ2n) is 10.2. The Hall–Kier alpha value is -3.49. The lowest BCUT2D eigenvalue weighted by Crippen LogP contribution is -2.30. The van der Waals surface area contributed by atoms with Gasteiger partial charge in [0, 0.05) is 24.4 Å². The van der Waals surface area contributed by atoms with Crippen molar-refractivity contribution in [3.63, 3.8) is 0 Å². The molecule has 1 aromatic carbocycles. The van der Waals surface area contributed by atoms with Gasteiger partial charge in [0.25, 0.3) is 0 Å². The fourth-order valence-electron chi connectivity index (χ4n) is 5.55. The number of primary amides is 1. The number of fused-ring (bicyclic) bond motifs is 1. The summed E-state index contributed by atoms with van der Waals surface area (Å²) >= 11 is 6.31. The molecule has 0 aliphatic heterocycles. The van der Waals surface area contributed by atoms with Crippen LogP contribution in [0.3, 0.4) is 0 Å². The van der Waals surface area contributed by atoms with E-state index in [1.165, 1.54) is 6.07 Å². The van der Waals surface area contributed by atoms with Gasteiger partial charge in [-0.25, -0.2) is 14.4 Å². The van der Waals surface area contributed by atoms with Crippen molar-refractivity contribution in [3.8, 4) is 6.07 Å². The molecule has 5 rings (SSSR count). The quantitative estimate of drug-likeness (QED) is 0.343. The van der Waals surface area contributed by atoms with Crippen molar-refractivity contribution in [2.45, 2.75) is 63.5 Å². The predicted octanol–water partition coefficient (Wildman–Crippen LogP) is 4.41. The maximum Gasteiger partial charge on any atom is 0.224 e. The minimum Gasteiger partial charge on any atom is -0.393 e. The number of halogens is 2. The summed E-state index contributed by atoms with van der Waals surface area (Å²) in [5.74, 6) is -0.280. The molecule has 2 saturated carbocycles. The second kappa shape index (κ2) is 11.1. The van der Waals surface area contributed by atoms with E-state index >= 15 is 0 Å². The third-order valence-electron chi connectivity index (χ3n) is 7.70. The number of aromatic nitrogens is 4. The number of anilines is 3. The highest BCUT2D eigenvalue weighted by molar-refractivity contribution is 6.33. The highest BCUT2D eigenvalue weighted by atomic mass is 35.5. The van der Waals surface area contributed by atoms with Crippen LogP contribution in [-0.2, 0) is 4.79 Å². The average Bonchev–Trinajstić information content (AvgIpc) is 3.27. The molecule has 2 fully saturated rings. The van der Waals surface area contributed by atoms with Crippen LogP contribution in [0.2, 0.25) is 5.02 Å². The fraction of sp³-hybridized carbons (Fsp3) is 0.500. The van der Waals surface area contributed by atoms with Crippen LogP contribution < -0.4 is 16.4 Å². The third kappa shape index (κ3) is 5.37. The summed E-state index contributed by atoms with van der Waals surface area (Å²) in [5, 5.41) is 25.8. The molecule has 0 bridgehead atoms. The van der Waals surface area contributed by atoms with Gasteiger partial charge in [-0.15, -0.1) is 0 Å². The summed E-state index contributed by atoms with van der Waals surface area (Å²) in [6.45, 7) is 0.557. The van der Waals surface area contributed by atoms with Crippen LogP contribution in [0.4, 0.5) is 22.0 Å². The predicted molar refractivity (Wildman–Crippen MR) is 141 cm³/mol. The van der Waals surface area contributed by atoms with E-state index in [1.807, 2.05) is 10.6 Å². The van der Waals surface area contributed by atoms with Crippen LogP contribution >= 0.6 is 11.6 Å². The van der Waals surface area contributed by atoms with Crippen LogP contribution in [0, 0.1) is 29.0 Å². The van der Waals surface area contributed by atoms with E-state index < -0.39 is 5.82 Å². The Morgan fingerprint density at radius 3 is 2.66 bits per heavy atom. The van der Waals surface area contributed by atoms with Gasteiger partial charge in [0.2, 0.25) is 17.8 Å². The lowest BCUT2D eigenvalue weighted by atomic mass is 9.85. The van der Waals surface area contributed by atoms with Gasteiger partial charge in [-0.05, 0) is 50.7 Å². The number of carbonyl (C=O) groups excluding carboxylic acids is 1. The number of hydrogen-bond acceptors (Lipinski definition) is 8. The number of nitriles is 1. The van der Waals surface area contributed by atoms with Crippen molar-refractivity contribution >= 4 is 46.3 Å². The Bertz CT molecular complexity index is 1360. The molecule has 38 heavy (non-hydrogen) atoms. The zero-order valence-corrected chi connectivity index (χ0v) is 21.6. The summed E-state index contributed by atoms with van der Waals surface area (Å²) < 4.78 is 16.8. The van der Waals surface area contributed by atoms with Gasteiger partial charge in [-0.1, -0.05) is 24.4 Å². The van der Waals surface area contributed by atoms with Gasteiger partial charge in [0.15, 0.2) is 5.65 Å². The van der Waals surface area contributed by atoms with Gasteiger partial charge < -0.3 is 21.5 Å². The summed E-state index contributed by atoms with van der Waals surface area (Å²) in [4.78, 5) is 25.5. The topological polar surface area (TPSA) is 155 Å². The number of nitrogens with two attached hydrogens (primary N) is 1. The number of aliphatic hydroxyl groups excluding tert-OH is 1. The summed E-state index contributed by atoms with van der Waals surface area (Å²) in [7, 11) is 0. The Balaban J connectivity index is 1.48. The second-order valence-corrected chi connectivity index (χ2v) is 10.6. The Kier molecular flexibility index (Phi) is 7.63. The minimum absolute atomic E-state index is 0.00522. The number of benzene rings is 1. The Morgan fingerprint density at radius 2 is 1.97 bits per heavy atom. The van der Waals surface area contributed by atoms with E-state index in [9.17, 15) is 14.3 Å². The van der Waals surface area contributed by atoms with Crippen molar-refractivity contribution in [1.82, 2.24) is 19.5 Å². The first-order chi connectivity index (χ1) is 18.3. The molecular formula is C26H30ClFN8O2. The molecule has 2 heterocycles. The minimum atomic E-state index is -0.676. The van der Waals surface area contributed by atoms with E-state index in [-0.39, 0.29) is 46.2 Å². The molecule has 0 saturated heterocycles. The average molecular weight is 541 g/mol. The number of rotatable bonds is 7. The number of amides is 1. The zero-order chi connectivity index (χ0) is 26.8. The SMILES string of the molecule is N#Cc1cc(F)c(Nc2nc3cnc(NC[C@@H]4CCCC[C@@H]4O)nc3n2C2CCC(C(N)=O)CC2)c(Cl)c1. The molecule has 1 amide bonds. The van der Waals surface area contributed by atoms with E-state index in [0.29, 0.717) is 55.3 Å². The smallest absolute Gasteiger partial charge is 0.224 e. The summed E-state index contributed by atoms with van der Waals surface area (Å²) in [6.07, 6.45) is 7.73. The molecule has 3 aromatic rings. The van der Waals surface area contributed by atoms with Gasteiger partial charge in [-0.2, -0.15) is 10.2 Å². The number of nitrogens with zero attached hydrogens (tertiary/aromatic N) is 5. The van der Waals surface area contributed by atoms with Crippen molar-refractivity contribution in [1.29, 1.82) is 5.26 Å².